The summed E-state index contributed by atoms with van der Waals surface area (Å²) in [5.41, 5.74) is 2.35. The normalized spacial score (nSPS) is 15.3. The molecule has 1 unspecified atom stereocenters. The molecule has 1 fully saturated rings. The Morgan fingerprint density at radius 2 is 2.00 bits per heavy atom. The molecule has 2 aromatic carbocycles. The van der Waals surface area contributed by atoms with E-state index in [4.69, 9.17) is 0 Å². The van der Waals surface area contributed by atoms with Gasteiger partial charge in [-0.3, -0.25) is 9.36 Å². The molecule has 3 aromatic rings. The molecule has 7 heteroatoms. The second-order valence-corrected chi connectivity index (χ2v) is 8.31. The number of thioether (sulfide) groups is 1. The van der Waals surface area contributed by atoms with E-state index in [-0.39, 0.29) is 0 Å². The van der Waals surface area contributed by atoms with Crippen LogP contribution in [0.2, 0.25) is 0 Å². The van der Waals surface area contributed by atoms with Gasteiger partial charge >= 0.3 is 5.97 Å². The second kappa shape index (κ2) is 7.04. The summed E-state index contributed by atoms with van der Waals surface area (Å²) < 4.78 is 2.47. The van der Waals surface area contributed by atoms with Crippen LogP contribution in [0.1, 0.15) is 37.7 Å². The Hall–Kier alpha value is -1.86. The minimum Gasteiger partial charge on any atom is -0.480 e. The third kappa shape index (κ3) is 3.14. The van der Waals surface area contributed by atoms with Crippen molar-refractivity contribution in [2.24, 2.45) is 0 Å². The Labute approximate surface area is 163 Å². The minimum absolute atomic E-state index is 0.520. The average Bonchev–Trinajstić information content (AvgIpc) is 3.42. The van der Waals surface area contributed by atoms with Crippen molar-refractivity contribution in [3.05, 3.63) is 46.7 Å². The summed E-state index contributed by atoms with van der Waals surface area (Å²) in [6, 6.07) is 12.6. The Morgan fingerprint density at radius 1 is 1.27 bits per heavy atom. The molecule has 1 aliphatic rings. The SMILES string of the molecule is CCC(Sc1nnc(Br)n1-c1ccc(C2CC2)c2ccccc12)C(=O)O. The van der Waals surface area contributed by atoms with Gasteiger partial charge in [0, 0.05) is 5.39 Å². The molecule has 4 rings (SSSR count). The number of carboxylic acids is 1. The van der Waals surface area contributed by atoms with E-state index in [2.05, 4.69) is 56.5 Å². The summed E-state index contributed by atoms with van der Waals surface area (Å²) in [5.74, 6) is -0.180. The summed E-state index contributed by atoms with van der Waals surface area (Å²) in [6.07, 6.45) is 3.01. The fraction of sp³-hybridized carbons (Fsp3) is 0.316. The lowest BCUT2D eigenvalue weighted by Crippen LogP contribution is -2.16. The van der Waals surface area contributed by atoms with E-state index in [0.29, 0.717) is 22.2 Å². The van der Waals surface area contributed by atoms with E-state index in [9.17, 15) is 9.90 Å². The van der Waals surface area contributed by atoms with Gasteiger partial charge in [-0.25, -0.2) is 0 Å². The first kappa shape index (κ1) is 17.5. The third-order valence-corrected chi connectivity index (χ3v) is 6.49. The summed E-state index contributed by atoms with van der Waals surface area (Å²) in [6.45, 7) is 1.86. The van der Waals surface area contributed by atoms with Gasteiger partial charge < -0.3 is 5.11 Å². The molecule has 5 nitrogen and oxygen atoms in total. The van der Waals surface area contributed by atoms with Crippen LogP contribution in [0, 0.1) is 0 Å². The van der Waals surface area contributed by atoms with Crippen LogP contribution in [0.15, 0.2) is 46.3 Å². The third-order valence-electron chi connectivity index (χ3n) is 4.68. The van der Waals surface area contributed by atoms with Gasteiger partial charge in [-0.1, -0.05) is 49.0 Å². The molecule has 0 aliphatic heterocycles. The Morgan fingerprint density at radius 3 is 2.65 bits per heavy atom. The van der Waals surface area contributed by atoms with Gasteiger partial charge in [0.25, 0.3) is 0 Å². The van der Waals surface area contributed by atoms with Crippen molar-refractivity contribution in [2.75, 3.05) is 0 Å². The van der Waals surface area contributed by atoms with Crippen LogP contribution in [0.4, 0.5) is 0 Å². The fourth-order valence-corrected chi connectivity index (χ4v) is 4.67. The highest BCUT2D eigenvalue weighted by Gasteiger charge is 2.27. The second-order valence-electron chi connectivity index (χ2n) is 6.43. The number of hydrogen-bond donors (Lipinski definition) is 1. The highest BCUT2D eigenvalue weighted by atomic mass is 79.9. The van der Waals surface area contributed by atoms with Gasteiger partial charge in [0.15, 0.2) is 5.16 Å². The van der Waals surface area contributed by atoms with Crippen LogP contribution in [-0.2, 0) is 4.79 Å². The Kier molecular flexibility index (Phi) is 4.75. The van der Waals surface area contributed by atoms with Crippen LogP contribution in [0.25, 0.3) is 16.5 Å². The predicted octanol–water partition coefficient (Wildman–Crippen LogP) is 5.02. The van der Waals surface area contributed by atoms with Gasteiger partial charge in [-0.05, 0) is 58.1 Å². The average molecular weight is 432 g/mol. The molecule has 1 aromatic heterocycles. The van der Waals surface area contributed by atoms with Crippen LogP contribution < -0.4 is 0 Å². The van der Waals surface area contributed by atoms with E-state index in [0.717, 1.165) is 11.1 Å². The van der Waals surface area contributed by atoms with E-state index in [1.165, 1.54) is 35.6 Å². The first-order chi connectivity index (χ1) is 12.6. The zero-order valence-electron chi connectivity index (χ0n) is 14.2. The van der Waals surface area contributed by atoms with Gasteiger partial charge in [0.1, 0.15) is 5.25 Å². The van der Waals surface area contributed by atoms with Crippen LogP contribution >= 0.6 is 27.7 Å². The molecular weight excluding hydrogens is 414 g/mol. The van der Waals surface area contributed by atoms with E-state index in [1.54, 1.807) is 0 Å². The first-order valence-corrected chi connectivity index (χ1v) is 10.3. The lowest BCUT2D eigenvalue weighted by atomic mass is 9.99. The molecule has 134 valence electrons. The number of carbonyl (C=O) groups is 1. The van der Waals surface area contributed by atoms with Gasteiger partial charge in [0.2, 0.25) is 4.73 Å². The lowest BCUT2D eigenvalue weighted by molar-refractivity contribution is -0.136. The van der Waals surface area contributed by atoms with Crippen molar-refractivity contribution in [3.8, 4) is 5.69 Å². The number of aromatic nitrogens is 3. The largest absolute Gasteiger partial charge is 0.480 e. The fourth-order valence-electron chi connectivity index (χ4n) is 3.22. The van der Waals surface area contributed by atoms with Crippen LogP contribution in [0.5, 0.6) is 0 Å². The number of aliphatic carboxylic acids is 1. The predicted molar refractivity (Wildman–Crippen MR) is 106 cm³/mol. The molecule has 0 radical (unpaired) electrons. The number of fused-ring (bicyclic) bond motifs is 1. The van der Waals surface area contributed by atoms with Gasteiger partial charge in [-0.15, -0.1) is 10.2 Å². The maximum atomic E-state index is 11.4. The standard InChI is InChI=1S/C19H18BrN3O2S/c1-2-16(17(24)25)26-19-22-21-18(20)23(19)15-10-9-12(11-7-8-11)13-5-3-4-6-14(13)15/h3-6,9-11,16H,2,7-8H2,1H3,(H,24,25). The number of rotatable bonds is 6. The molecule has 1 saturated carbocycles. The van der Waals surface area contributed by atoms with Gasteiger partial charge in [0.05, 0.1) is 5.69 Å². The first-order valence-electron chi connectivity index (χ1n) is 8.62. The zero-order valence-corrected chi connectivity index (χ0v) is 16.6. The van der Waals surface area contributed by atoms with Crippen molar-refractivity contribution in [2.45, 2.75) is 42.5 Å². The molecule has 1 N–H and O–H groups in total. The van der Waals surface area contributed by atoms with Crippen LogP contribution in [0.3, 0.4) is 0 Å². The summed E-state index contributed by atoms with van der Waals surface area (Å²) >= 11 is 4.71. The van der Waals surface area contributed by atoms with Gasteiger partial charge in [-0.2, -0.15) is 0 Å². The molecule has 0 bridgehead atoms. The van der Waals surface area contributed by atoms with Crippen molar-refractivity contribution in [1.29, 1.82) is 0 Å². The minimum atomic E-state index is -0.836. The highest BCUT2D eigenvalue weighted by Crippen LogP contribution is 2.44. The summed E-state index contributed by atoms with van der Waals surface area (Å²) in [5, 5.41) is 20.1. The summed E-state index contributed by atoms with van der Waals surface area (Å²) in [4.78, 5) is 11.4. The molecule has 0 saturated heterocycles. The van der Waals surface area contributed by atoms with Crippen molar-refractivity contribution >= 4 is 44.4 Å². The number of hydrogen-bond acceptors (Lipinski definition) is 4. The number of nitrogens with zero attached hydrogens (tertiary/aromatic N) is 3. The Bertz CT molecular complexity index is 984. The Balaban J connectivity index is 1.85. The molecule has 1 aliphatic carbocycles. The molecule has 0 amide bonds. The number of carboxylic acid groups (broad SMARTS) is 1. The highest BCUT2D eigenvalue weighted by molar-refractivity contribution is 9.10. The number of benzene rings is 2. The molecule has 1 heterocycles. The van der Waals surface area contributed by atoms with Crippen LogP contribution in [-0.4, -0.2) is 31.1 Å². The monoisotopic (exact) mass is 431 g/mol. The quantitative estimate of drug-likeness (QED) is 0.555. The molecular formula is C19H18BrN3O2S. The van der Waals surface area contributed by atoms with E-state index >= 15 is 0 Å². The summed E-state index contributed by atoms with van der Waals surface area (Å²) in [7, 11) is 0. The number of halogens is 1. The molecule has 0 spiro atoms. The van der Waals surface area contributed by atoms with E-state index in [1.807, 2.05) is 17.6 Å². The van der Waals surface area contributed by atoms with Crippen molar-refractivity contribution in [3.63, 3.8) is 0 Å². The van der Waals surface area contributed by atoms with Crippen molar-refractivity contribution < 1.29 is 9.90 Å². The maximum Gasteiger partial charge on any atom is 0.317 e. The zero-order chi connectivity index (χ0) is 18.3. The smallest absolute Gasteiger partial charge is 0.317 e. The molecule has 26 heavy (non-hydrogen) atoms. The van der Waals surface area contributed by atoms with E-state index < -0.39 is 11.2 Å². The maximum absolute atomic E-state index is 11.4. The molecule has 1 atom stereocenters. The topological polar surface area (TPSA) is 68.0 Å². The lowest BCUT2D eigenvalue weighted by Gasteiger charge is -2.15. The van der Waals surface area contributed by atoms with Crippen molar-refractivity contribution in [1.82, 2.24) is 14.8 Å².